The van der Waals surface area contributed by atoms with Crippen LogP contribution in [0.2, 0.25) is 0 Å². The first-order valence-electron chi connectivity index (χ1n) is 6.81. The van der Waals surface area contributed by atoms with Crippen LogP contribution in [-0.2, 0) is 4.74 Å². The smallest absolute Gasteiger partial charge is 0.314 e. The molecule has 0 bridgehead atoms. The normalized spacial score (nSPS) is 24.2. The van der Waals surface area contributed by atoms with Crippen molar-refractivity contribution in [3.63, 3.8) is 0 Å². The quantitative estimate of drug-likeness (QED) is 0.424. The molecule has 0 heterocycles. The lowest BCUT2D eigenvalue weighted by molar-refractivity contribution is -0.385. The summed E-state index contributed by atoms with van der Waals surface area (Å²) < 4.78 is 16.5. The summed E-state index contributed by atoms with van der Waals surface area (Å²) in [6.07, 6.45) is 1.64. The van der Waals surface area contributed by atoms with Crippen molar-refractivity contribution in [2.24, 2.45) is 0 Å². The second kappa shape index (κ2) is 7.09. The van der Waals surface area contributed by atoms with Gasteiger partial charge in [-0.25, -0.2) is 0 Å². The van der Waals surface area contributed by atoms with E-state index >= 15 is 0 Å². The molecule has 1 aromatic carbocycles. The Hall–Kier alpha value is -1.34. The predicted octanol–water partition coefficient (Wildman–Crippen LogP) is 3.31. The molecule has 0 radical (unpaired) electrons. The van der Waals surface area contributed by atoms with Gasteiger partial charge in [-0.2, -0.15) is 0 Å². The van der Waals surface area contributed by atoms with E-state index < -0.39 is 4.92 Å². The van der Waals surface area contributed by atoms with Crippen molar-refractivity contribution in [3.05, 3.63) is 28.3 Å². The number of ether oxygens (including phenoxy) is 3. The minimum atomic E-state index is -0.481. The zero-order chi connectivity index (χ0) is 15.4. The van der Waals surface area contributed by atoms with Crippen molar-refractivity contribution < 1.29 is 19.1 Å². The van der Waals surface area contributed by atoms with Crippen LogP contribution in [0.15, 0.2) is 18.2 Å². The molecule has 2 rings (SSSR count). The third kappa shape index (κ3) is 3.65. The third-order valence-electron chi connectivity index (χ3n) is 3.33. The molecule has 0 aliphatic heterocycles. The standard InChI is InChI=1S/C14H18BrNO5/c1-3-6-20-14-10(15)8-13(14)21-9-4-5-12(19-2)11(7-9)16(17)18/h4-5,7,10,13-14H,3,6,8H2,1-2H3. The number of alkyl halides is 1. The summed E-state index contributed by atoms with van der Waals surface area (Å²) >= 11 is 3.54. The van der Waals surface area contributed by atoms with Crippen molar-refractivity contribution in [3.8, 4) is 11.5 Å². The summed E-state index contributed by atoms with van der Waals surface area (Å²) in [5, 5.41) is 11.0. The predicted molar refractivity (Wildman–Crippen MR) is 81.4 cm³/mol. The van der Waals surface area contributed by atoms with Crippen LogP contribution < -0.4 is 9.47 Å². The molecule has 3 unspecified atom stereocenters. The van der Waals surface area contributed by atoms with Gasteiger partial charge in [-0.05, 0) is 18.6 Å². The van der Waals surface area contributed by atoms with E-state index in [0.29, 0.717) is 12.4 Å². The molecule has 1 fully saturated rings. The van der Waals surface area contributed by atoms with Crippen LogP contribution >= 0.6 is 15.9 Å². The molecule has 0 aromatic heterocycles. The molecular formula is C14H18BrNO5. The second-order valence-electron chi connectivity index (χ2n) is 4.83. The van der Waals surface area contributed by atoms with Crippen molar-refractivity contribution in [2.75, 3.05) is 13.7 Å². The summed E-state index contributed by atoms with van der Waals surface area (Å²) in [7, 11) is 1.40. The lowest BCUT2D eigenvalue weighted by Gasteiger charge is -2.40. The maximum absolute atomic E-state index is 11.0. The van der Waals surface area contributed by atoms with Crippen molar-refractivity contribution in [1.29, 1.82) is 0 Å². The number of methoxy groups -OCH3 is 1. The summed E-state index contributed by atoms with van der Waals surface area (Å²) in [4.78, 5) is 10.8. The molecule has 21 heavy (non-hydrogen) atoms. The first kappa shape index (κ1) is 16.0. The van der Waals surface area contributed by atoms with Crippen molar-refractivity contribution in [2.45, 2.75) is 36.8 Å². The van der Waals surface area contributed by atoms with Gasteiger partial charge < -0.3 is 14.2 Å². The molecule has 1 aliphatic carbocycles. The van der Waals surface area contributed by atoms with Gasteiger partial charge in [0.25, 0.3) is 0 Å². The second-order valence-corrected chi connectivity index (χ2v) is 6.01. The van der Waals surface area contributed by atoms with Gasteiger partial charge in [0.2, 0.25) is 0 Å². The fraction of sp³-hybridized carbons (Fsp3) is 0.571. The van der Waals surface area contributed by atoms with E-state index in [0.717, 1.165) is 12.8 Å². The van der Waals surface area contributed by atoms with Crippen LogP contribution in [0.4, 0.5) is 5.69 Å². The van der Waals surface area contributed by atoms with Crippen LogP contribution in [-0.4, -0.2) is 35.7 Å². The van der Waals surface area contributed by atoms with Gasteiger partial charge in [0.05, 0.1) is 18.1 Å². The number of nitro benzene ring substituents is 1. The number of benzene rings is 1. The van der Waals surface area contributed by atoms with E-state index in [4.69, 9.17) is 14.2 Å². The molecule has 1 aromatic rings. The highest BCUT2D eigenvalue weighted by atomic mass is 79.9. The van der Waals surface area contributed by atoms with Crippen LogP contribution in [0.1, 0.15) is 19.8 Å². The summed E-state index contributed by atoms with van der Waals surface area (Å²) in [5.74, 6) is 0.676. The topological polar surface area (TPSA) is 70.8 Å². The highest BCUT2D eigenvalue weighted by Gasteiger charge is 2.42. The number of hydrogen-bond donors (Lipinski definition) is 0. The Bertz CT molecular complexity index is 510. The zero-order valence-electron chi connectivity index (χ0n) is 12.0. The van der Waals surface area contributed by atoms with Crippen LogP contribution in [0.25, 0.3) is 0 Å². The van der Waals surface area contributed by atoms with Crippen molar-refractivity contribution in [1.82, 2.24) is 0 Å². The fourth-order valence-corrected chi connectivity index (χ4v) is 3.03. The average Bonchev–Trinajstić information content (AvgIpc) is 2.46. The Morgan fingerprint density at radius 1 is 1.48 bits per heavy atom. The molecule has 6 nitrogen and oxygen atoms in total. The number of hydrogen-bond acceptors (Lipinski definition) is 5. The average molecular weight is 360 g/mol. The molecule has 3 atom stereocenters. The Labute approximate surface area is 131 Å². The molecule has 0 saturated heterocycles. The van der Waals surface area contributed by atoms with Crippen LogP contribution in [0.3, 0.4) is 0 Å². The van der Waals surface area contributed by atoms with E-state index in [-0.39, 0.29) is 28.5 Å². The van der Waals surface area contributed by atoms with Gasteiger partial charge in [0, 0.05) is 17.9 Å². The summed E-state index contributed by atoms with van der Waals surface area (Å²) in [5.41, 5.74) is -0.101. The summed E-state index contributed by atoms with van der Waals surface area (Å²) in [6.45, 7) is 2.72. The summed E-state index contributed by atoms with van der Waals surface area (Å²) in [6, 6.07) is 4.60. The fourth-order valence-electron chi connectivity index (χ4n) is 2.17. The lowest BCUT2D eigenvalue weighted by Crippen LogP contribution is -2.52. The minimum Gasteiger partial charge on any atom is -0.490 e. The van der Waals surface area contributed by atoms with E-state index in [1.807, 2.05) is 6.92 Å². The molecule has 116 valence electrons. The number of rotatable bonds is 7. The molecule has 1 aliphatic rings. The van der Waals surface area contributed by atoms with Gasteiger partial charge in [0.15, 0.2) is 5.75 Å². The minimum absolute atomic E-state index is 0.0221. The molecule has 0 N–H and O–H groups in total. The van der Waals surface area contributed by atoms with E-state index in [2.05, 4.69) is 15.9 Å². The largest absolute Gasteiger partial charge is 0.490 e. The Morgan fingerprint density at radius 3 is 2.81 bits per heavy atom. The van der Waals surface area contributed by atoms with E-state index in [9.17, 15) is 10.1 Å². The van der Waals surface area contributed by atoms with Gasteiger partial charge in [-0.1, -0.05) is 22.9 Å². The van der Waals surface area contributed by atoms with E-state index in [1.54, 1.807) is 12.1 Å². The molecule has 0 spiro atoms. The van der Waals surface area contributed by atoms with Crippen molar-refractivity contribution >= 4 is 21.6 Å². The number of nitrogens with zero attached hydrogens (tertiary/aromatic N) is 1. The molecule has 0 amide bonds. The van der Waals surface area contributed by atoms with Gasteiger partial charge >= 0.3 is 5.69 Å². The van der Waals surface area contributed by atoms with E-state index in [1.165, 1.54) is 13.2 Å². The highest BCUT2D eigenvalue weighted by Crippen LogP contribution is 2.37. The van der Waals surface area contributed by atoms with Crippen LogP contribution in [0.5, 0.6) is 11.5 Å². The number of halogens is 1. The first-order chi connectivity index (χ1) is 10.1. The van der Waals surface area contributed by atoms with Crippen LogP contribution in [0, 0.1) is 10.1 Å². The Morgan fingerprint density at radius 2 is 2.24 bits per heavy atom. The Kier molecular flexibility index (Phi) is 5.41. The molecule has 1 saturated carbocycles. The maximum atomic E-state index is 11.0. The third-order valence-corrected chi connectivity index (χ3v) is 4.22. The molecule has 7 heteroatoms. The molecular weight excluding hydrogens is 342 g/mol. The maximum Gasteiger partial charge on any atom is 0.314 e. The lowest BCUT2D eigenvalue weighted by atomic mass is 9.91. The Balaban J connectivity index is 2.06. The monoisotopic (exact) mass is 359 g/mol. The van der Waals surface area contributed by atoms with Gasteiger partial charge in [-0.3, -0.25) is 10.1 Å². The SMILES string of the molecule is CCCOC1C(Br)CC1Oc1ccc(OC)c([N+](=O)[O-])c1. The van der Waals surface area contributed by atoms with Gasteiger partial charge in [0.1, 0.15) is 18.0 Å². The highest BCUT2D eigenvalue weighted by molar-refractivity contribution is 9.09. The van der Waals surface area contributed by atoms with Gasteiger partial charge in [-0.15, -0.1) is 0 Å². The number of nitro groups is 1. The zero-order valence-corrected chi connectivity index (χ0v) is 13.5. The first-order valence-corrected chi connectivity index (χ1v) is 7.73.